The predicted molar refractivity (Wildman–Crippen MR) is 67.2 cm³/mol. The van der Waals surface area contributed by atoms with Gasteiger partial charge < -0.3 is 10.6 Å². The van der Waals surface area contributed by atoms with E-state index in [9.17, 15) is 4.39 Å². The van der Waals surface area contributed by atoms with Crippen molar-refractivity contribution in [3.05, 3.63) is 30.1 Å². The highest BCUT2D eigenvalue weighted by Crippen LogP contribution is 2.15. The van der Waals surface area contributed by atoms with Crippen LogP contribution in [0.15, 0.2) is 24.3 Å². The Kier molecular flexibility index (Phi) is 5.26. The van der Waals surface area contributed by atoms with Gasteiger partial charge in [0.2, 0.25) is 0 Å². The largest absolute Gasteiger partial charge is 0.372 e. The van der Waals surface area contributed by atoms with Crippen LogP contribution in [-0.4, -0.2) is 19.1 Å². The van der Waals surface area contributed by atoms with Crippen LogP contribution in [0.25, 0.3) is 0 Å². The number of benzene rings is 1. The van der Waals surface area contributed by atoms with E-state index in [1.54, 1.807) is 12.1 Å². The first kappa shape index (κ1) is 13.0. The van der Waals surface area contributed by atoms with E-state index in [4.69, 9.17) is 5.73 Å². The van der Waals surface area contributed by atoms with Gasteiger partial charge in [-0.05, 0) is 44.9 Å². The van der Waals surface area contributed by atoms with Crippen LogP contribution in [0.1, 0.15) is 26.7 Å². The molecule has 0 saturated carbocycles. The van der Waals surface area contributed by atoms with E-state index in [0.717, 1.165) is 31.6 Å². The van der Waals surface area contributed by atoms with Gasteiger partial charge in [0.05, 0.1) is 0 Å². The molecule has 1 rings (SSSR count). The Balaban J connectivity index is 2.53. The van der Waals surface area contributed by atoms with E-state index in [1.807, 2.05) is 13.0 Å². The van der Waals surface area contributed by atoms with Crippen LogP contribution in [-0.2, 0) is 0 Å². The Bertz CT molecular complexity index is 313. The molecule has 2 N–H and O–H groups in total. The minimum Gasteiger partial charge on any atom is -0.372 e. The lowest BCUT2D eigenvalue weighted by molar-refractivity contribution is 0.608. The van der Waals surface area contributed by atoms with Crippen molar-refractivity contribution in [1.82, 2.24) is 0 Å². The summed E-state index contributed by atoms with van der Waals surface area (Å²) in [6.07, 6.45) is 2.05. The molecule has 2 nitrogen and oxygen atoms in total. The highest BCUT2D eigenvalue weighted by atomic mass is 19.1. The molecule has 0 aromatic heterocycles. The molecule has 1 aromatic carbocycles. The van der Waals surface area contributed by atoms with E-state index in [1.165, 1.54) is 6.07 Å². The van der Waals surface area contributed by atoms with Gasteiger partial charge in [0.15, 0.2) is 0 Å². The molecule has 0 aliphatic rings. The van der Waals surface area contributed by atoms with Gasteiger partial charge in [-0.15, -0.1) is 0 Å². The molecule has 0 aliphatic carbocycles. The maximum atomic E-state index is 13.1. The summed E-state index contributed by atoms with van der Waals surface area (Å²) in [6.45, 7) is 5.92. The highest BCUT2D eigenvalue weighted by molar-refractivity contribution is 5.46. The van der Waals surface area contributed by atoms with Crippen molar-refractivity contribution in [2.24, 2.45) is 5.73 Å². The second-order valence-electron chi connectivity index (χ2n) is 4.18. The summed E-state index contributed by atoms with van der Waals surface area (Å²) < 4.78 is 13.1. The summed E-state index contributed by atoms with van der Waals surface area (Å²) >= 11 is 0. The Morgan fingerprint density at radius 1 is 1.44 bits per heavy atom. The van der Waals surface area contributed by atoms with Crippen LogP contribution in [0.2, 0.25) is 0 Å². The third-order valence-corrected chi connectivity index (χ3v) is 2.64. The summed E-state index contributed by atoms with van der Waals surface area (Å²) in [7, 11) is 0. The average Bonchev–Trinajstić information content (AvgIpc) is 2.24. The van der Waals surface area contributed by atoms with Crippen LogP contribution >= 0.6 is 0 Å². The van der Waals surface area contributed by atoms with E-state index >= 15 is 0 Å². The van der Waals surface area contributed by atoms with Gasteiger partial charge in [-0.3, -0.25) is 0 Å². The van der Waals surface area contributed by atoms with Gasteiger partial charge >= 0.3 is 0 Å². The van der Waals surface area contributed by atoms with E-state index in [0.29, 0.717) is 0 Å². The Morgan fingerprint density at radius 3 is 2.75 bits per heavy atom. The molecule has 3 heteroatoms. The first-order valence-corrected chi connectivity index (χ1v) is 5.89. The number of hydrogen-bond donors (Lipinski definition) is 1. The van der Waals surface area contributed by atoms with Crippen LogP contribution in [0.5, 0.6) is 0 Å². The first-order valence-electron chi connectivity index (χ1n) is 5.89. The molecule has 0 bridgehead atoms. The molecule has 1 aromatic rings. The second kappa shape index (κ2) is 6.48. The van der Waals surface area contributed by atoms with E-state index < -0.39 is 0 Å². The van der Waals surface area contributed by atoms with E-state index in [-0.39, 0.29) is 11.9 Å². The minimum atomic E-state index is -0.178. The smallest absolute Gasteiger partial charge is 0.125 e. The average molecular weight is 224 g/mol. The van der Waals surface area contributed by atoms with Crippen LogP contribution in [0, 0.1) is 5.82 Å². The van der Waals surface area contributed by atoms with Gasteiger partial charge in [0, 0.05) is 24.8 Å². The monoisotopic (exact) mass is 224 g/mol. The molecule has 1 unspecified atom stereocenters. The zero-order valence-electron chi connectivity index (χ0n) is 10.1. The predicted octanol–water partition coefficient (Wildman–Crippen LogP) is 2.78. The topological polar surface area (TPSA) is 29.3 Å². The maximum absolute atomic E-state index is 13.1. The van der Waals surface area contributed by atoms with Gasteiger partial charge in [0.25, 0.3) is 0 Å². The van der Waals surface area contributed by atoms with Crippen molar-refractivity contribution in [2.45, 2.75) is 32.7 Å². The normalized spacial score (nSPS) is 12.5. The first-order chi connectivity index (χ1) is 7.63. The fourth-order valence-corrected chi connectivity index (χ4v) is 1.75. The lowest BCUT2D eigenvalue weighted by Crippen LogP contribution is -2.25. The molecule has 0 fully saturated rings. The Labute approximate surface area is 97.3 Å². The minimum absolute atomic E-state index is 0.178. The third-order valence-electron chi connectivity index (χ3n) is 2.64. The molecule has 0 saturated heterocycles. The zero-order chi connectivity index (χ0) is 12.0. The van der Waals surface area contributed by atoms with Gasteiger partial charge in [-0.2, -0.15) is 0 Å². The van der Waals surface area contributed by atoms with Crippen LogP contribution in [0.3, 0.4) is 0 Å². The summed E-state index contributed by atoms with van der Waals surface area (Å²) in [5.41, 5.74) is 6.66. The van der Waals surface area contributed by atoms with Crippen molar-refractivity contribution in [3.63, 3.8) is 0 Å². The summed E-state index contributed by atoms with van der Waals surface area (Å²) in [5.74, 6) is -0.178. The van der Waals surface area contributed by atoms with Gasteiger partial charge in [0.1, 0.15) is 5.82 Å². The molecule has 1 atom stereocenters. The number of anilines is 1. The molecule has 0 amide bonds. The molecule has 16 heavy (non-hydrogen) atoms. The van der Waals surface area contributed by atoms with Crippen molar-refractivity contribution < 1.29 is 4.39 Å². The molecule has 90 valence electrons. The molecule has 0 spiro atoms. The molecular formula is C13H21FN2. The SMILES string of the molecule is CCN(CCCC(C)N)c1cccc(F)c1. The Hall–Kier alpha value is -1.09. The number of nitrogens with two attached hydrogens (primary N) is 1. The summed E-state index contributed by atoms with van der Waals surface area (Å²) in [5, 5.41) is 0. The quantitative estimate of drug-likeness (QED) is 0.805. The van der Waals surface area contributed by atoms with Crippen molar-refractivity contribution in [2.75, 3.05) is 18.0 Å². The highest BCUT2D eigenvalue weighted by Gasteiger charge is 2.05. The molecule has 0 heterocycles. The number of nitrogens with zero attached hydrogens (tertiary/aromatic N) is 1. The van der Waals surface area contributed by atoms with Gasteiger partial charge in [-0.1, -0.05) is 6.07 Å². The second-order valence-corrected chi connectivity index (χ2v) is 4.18. The van der Waals surface area contributed by atoms with Crippen molar-refractivity contribution >= 4 is 5.69 Å². The summed E-state index contributed by atoms with van der Waals surface area (Å²) in [4.78, 5) is 2.17. The molecular weight excluding hydrogens is 203 g/mol. The van der Waals surface area contributed by atoms with E-state index in [2.05, 4.69) is 11.8 Å². The number of hydrogen-bond acceptors (Lipinski definition) is 2. The third kappa shape index (κ3) is 4.19. The standard InChI is InChI=1S/C13H21FN2/c1-3-16(9-5-6-11(2)15)13-8-4-7-12(14)10-13/h4,7-8,10-11H,3,5-6,9,15H2,1-2H3. The lowest BCUT2D eigenvalue weighted by Gasteiger charge is -2.23. The maximum Gasteiger partial charge on any atom is 0.125 e. The lowest BCUT2D eigenvalue weighted by atomic mass is 10.2. The Morgan fingerprint density at radius 2 is 2.19 bits per heavy atom. The van der Waals surface area contributed by atoms with Crippen molar-refractivity contribution in [1.29, 1.82) is 0 Å². The molecule has 0 radical (unpaired) electrons. The van der Waals surface area contributed by atoms with Gasteiger partial charge in [-0.25, -0.2) is 4.39 Å². The zero-order valence-corrected chi connectivity index (χ0v) is 10.1. The van der Waals surface area contributed by atoms with Crippen LogP contribution in [0.4, 0.5) is 10.1 Å². The van der Waals surface area contributed by atoms with Crippen LogP contribution < -0.4 is 10.6 Å². The number of halogens is 1. The summed E-state index contributed by atoms with van der Waals surface area (Å²) in [6, 6.07) is 6.98. The fraction of sp³-hybridized carbons (Fsp3) is 0.538. The number of rotatable bonds is 6. The fourth-order valence-electron chi connectivity index (χ4n) is 1.75. The molecule has 0 aliphatic heterocycles. The van der Waals surface area contributed by atoms with Crippen molar-refractivity contribution in [3.8, 4) is 0 Å².